The molecule has 2 unspecified atom stereocenters. The summed E-state index contributed by atoms with van der Waals surface area (Å²) in [6.07, 6.45) is 5.33. The van der Waals surface area contributed by atoms with Crippen molar-refractivity contribution in [3.8, 4) is 0 Å². The molecule has 3 atom stereocenters. The number of aliphatic carboxylic acids is 1. The van der Waals surface area contributed by atoms with E-state index in [0.29, 0.717) is 12.1 Å². The van der Waals surface area contributed by atoms with Crippen LogP contribution in [0.4, 0.5) is 0 Å². The normalized spacial score (nSPS) is 37.6. The summed E-state index contributed by atoms with van der Waals surface area (Å²) in [5, 5.41) is 15.5. The van der Waals surface area contributed by atoms with Crippen molar-refractivity contribution >= 4 is 5.97 Å². The third-order valence-electron chi connectivity index (χ3n) is 3.31. The van der Waals surface area contributed by atoms with Gasteiger partial charge in [0.2, 0.25) is 0 Å². The molecule has 4 heteroatoms. The summed E-state index contributed by atoms with van der Waals surface area (Å²) in [7, 11) is 0. The van der Waals surface area contributed by atoms with Gasteiger partial charge in [0, 0.05) is 6.04 Å². The molecule has 14 heavy (non-hydrogen) atoms. The number of carboxylic acids is 1. The average Bonchev–Trinajstić information content (AvgIpc) is 2.17. The molecule has 2 fully saturated rings. The molecule has 0 radical (unpaired) electrons. The first-order valence-electron chi connectivity index (χ1n) is 5.47. The molecule has 0 aromatic heterocycles. The Morgan fingerprint density at radius 2 is 2.21 bits per heavy atom. The Morgan fingerprint density at radius 1 is 1.36 bits per heavy atom. The number of hydrogen-bond donors (Lipinski definition) is 3. The summed E-state index contributed by atoms with van der Waals surface area (Å²) in [5.41, 5.74) is 0. The maximum Gasteiger partial charge on any atom is 0.304 e. The lowest BCUT2D eigenvalue weighted by atomic mass is 9.85. The maximum atomic E-state index is 10.6. The van der Waals surface area contributed by atoms with Crippen LogP contribution in [0.3, 0.4) is 0 Å². The Morgan fingerprint density at radius 3 is 3.00 bits per heavy atom. The van der Waals surface area contributed by atoms with Gasteiger partial charge >= 0.3 is 5.97 Å². The monoisotopic (exact) mass is 198 g/mol. The topological polar surface area (TPSA) is 61.4 Å². The standard InChI is InChI=1S/C10H18N2O2/c13-9(14)6-8-4-3-7-2-1-5-11-10(7)12-8/h7-8,10-12H,1-6H2,(H,13,14)/t7?,8?,10-/m1/s1. The molecule has 0 aromatic rings. The van der Waals surface area contributed by atoms with Gasteiger partial charge in [-0.15, -0.1) is 0 Å². The van der Waals surface area contributed by atoms with E-state index < -0.39 is 5.97 Å². The second kappa shape index (κ2) is 4.28. The zero-order chi connectivity index (χ0) is 9.97. The molecule has 4 nitrogen and oxygen atoms in total. The fourth-order valence-corrected chi connectivity index (χ4v) is 2.59. The van der Waals surface area contributed by atoms with Crippen molar-refractivity contribution in [2.24, 2.45) is 5.92 Å². The Hall–Kier alpha value is -0.610. The van der Waals surface area contributed by atoms with E-state index in [1.165, 1.54) is 19.3 Å². The van der Waals surface area contributed by atoms with Crippen molar-refractivity contribution < 1.29 is 9.90 Å². The van der Waals surface area contributed by atoms with Crippen molar-refractivity contribution in [1.82, 2.24) is 10.6 Å². The predicted octanol–water partition coefficient (Wildman–Crippen LogP) is 0.539. The smallest absolute Gasteiger partial charge is 0.304 e. The van der Waals surface area contributed by atoms with Gasteiger partial charge in [0.25, 0.3) is 0 Å². The third-order valence-corrected chi connectivity index (χ3v) is 3.31. The molecule has 80 valence electrons. The highest BCUT2D eigenvalue weighted by Crippen LogP contribution is 2.26. The third kappa shape index (κ3) is 2.25. The summed E-state index contributed by atoms with van der Waals surface area (Å²) < 4.78 is 0. The van der Waals surface area contributed by atoms with E-state index in [-0.39, 0.29) is 12.5 Å². The maximum absolute atomic E-state index is 10.6. The highest BCUT2D eigenvalue weighted by molar-refractivity contribution is 5.67. The van der Waals surface area contributed by atoms with E-state index in [2.05, 4.69) is 10.6 Å². The molecule has 0 spiro atoms. The summed E-state index contributed by atoms with van der Waals surface area (Å²) in [5.74, 6) is 0.0190. The summed E-state index contributed by atoms with van der Waals surface area (Å²) in [6, 6.07) is 0.166. The van der Waals surface area contributed by atoms with Crippen LogP contribution in [-0.2, 0) is 4.79 Å². The Bertz CT molecular complexity index is 220. The number of carboxylic acid groups (broad SMARTS) is 1. The summed E-state index contributed by atoms with van der Waals surface area (Å²) in [4.78, 5) is 10.6. The van der Waals surface area contributed by atoms with E-state index in [1.54, 1.807) is 0 Å². The first-order chi connectivity index (χ1) is 6.75. The molecule has 0 aliphatic carbocycles. The number of nitrogens with one attached hydrogen (secondary N) is 2. The highest BCUT2D eigenvalue weighted by Gasteiger charge is 2.31. The zero-order valence-electron chi connectivity index (χ0n) is 8.33. The van der Waals surface area contributed by atoms with Crippen molar-refractivity contribution in [2.75, 3.05) is 6.54 Å². The molecule has 0 saturated carbocycles. The van der Waals surface area contributed by atoms with Crippen LogP contribution in [-0.4, -0.2) is 29.8 Å². The highest BCUT2D eigenvalue weighted by atomic mass is 16.4. The van der Waals surface area contributed by atoms with Gasteiger partial charge in [-0.1, -0.05) is 0 Å². The van der Waals surface area contributed by atoms with Crippen molar-refractivity contribution in [3.63, 3.8) is 0 Å². The van der Waals surface area contributed by atoms with Crippen molar-refractivity contribution in [1.29, 1.82) is 0 Å². The van der Waals surface area contributed by atoms with Crippen molar-refractivity contribution in [2.45, 2.75) is 44.3 Å². The van der Waals surface area contributed by atoms with Crippen LogP contribution in [0.15, 0.2) is 0 Å². The van der Waals surface area contributed by atoms with Gasteiger partial charge in [0.15, 0.2) is 0 Å². The van der Waals surface area contributed by atoms with E-state index >= 15 is 0 Å². The van der Waals surface area contributed by atoms with E-state index in [1.807, 2.05) is 0 Å². The first-order valence-corrected chi connectivity index (χ1v) is 5.47. The zero-order valence-corrected chi connectivity index (χ0v) is 8.33. The van der Waals surface area contributed by atoms with Crippen LogP contribution >= 0.6 is 0 Å². The van der Waals surface area contributed by atoms with Crippen LogP contribution in [0.5, 0.6) is 0 Å². The number of carbonyl (C=O) groups is 1. The van der Waals surface area contributed by atoms with Gasteiger partial charge in [-0.25, -0.2) is 0 Å². The van der Waals surface area contributed by atoms with E-state index in [0.717, 1.165) is 13.0 Å². The molecular formula is C10H18N2O2. The van der Waals surface area contributed by atoms with Crippen LogP contribution in [0.25, 0.3) is 0 Å². The molecule has 0 amide bonds. The summed E-state index contributed by atoms with van der Waals surface area (Å²) >= 11 is 0. The molecule has 2 aliphatic heterocycles. The lowest BCUT2D eigenvalue weighted by molar-refractivity contribution is -0.137. The lowest BCUT2D eigenvalue weighted by Crippen LogP contribution is -2.57. The molecule has 3 N–H and O–H groups in total. The largest absolute Gasteiger partial charge is 0.481 e. The summed E-state index contributed by atoms with van der Waals surface area (Å²) in [6.45, 7) is 1.06. The second-order valence-electron chi connectivity index (χ2n) is 4.37. The Labute approximate surface area is 84.1 Å². The Balaban J connectivity index is 1.86. The predicted molar refractivity (Wildman–Crippen MR) is 52.9 cm³/mol. The lowest BCUT2D eigenvalue weighted by Gasteiger charge is -2.40. The quantitative estimate of drug-likeness (QED) is 0.606. The minimum atomic E-state index is -0.697. The van der Waals surface area contributed by atoms with Crippen molar-refractivity contribution in [3.05, 3.63) is 0 Å². The molecule has 2 rings (SSSR count). The number of rotatable bonds is 2. The molecule has 0 bridgehead atoms. The van der Waals surface area contributed by atoms with Gasteiger partial charge in [-0.2, -0.15) is 0 Å². The van der Waals surface area contributed by atoms with Crippen LogP contribution in [0.2, 0.25) is 0 Å². The molecular weight excluding hydrogens is 180 g/mol. The number of hydrogen-bond acceptors (Lipinski definition) is 3. The minimum absolute atomic E-state index is 0.166. The molecule has 2 heterocycles. The number of piperidine rings is 2. The second-order valence-corrected chi connectivity index (χ2v) is 4.37. The fourth-order valence-electron chi connectivity index (χ4n) is 2.59. The van der Waals surface area contributed by atoms with Crippen LogP contribution in [0, 0.1) is 5.92 Å². The Kier molecular flexibility index (Phi) is 3.03. The van der Waals surface area contributed by atoms with Gasteiger partial charge in [0.1, 0.15) is 0 Å². The SMILES string of the molecule is O=C(O)CC1CCC2CCCN[C@@H]2N1. The van der Waals surface area contributed by atoms with Gasteiger partial charge in [0.05, 0.1) is 12.6 Å². The number of fused-ring (bicyclic) bond motifs is 1. The first kappa shape index (κ1) is 9.93. The molecule has 0 aromatic carbocycles. The van der Waals surface area contributed by atoms with Gasteiger partial charge < -0.3 is 10.4 Å². The molecule has 2 saturated heterocycles. The van der Waals surface area contributed by atoms with E-state index in [9.17, 15) is 4.79 Å². The van der Waals surface area contributed by atoms with Crippen LogP contribution < -0.4 is 10.6 Å². The van der Waals surface area contributed by atoms with Gasteiger partial charge in [-0.3, -0.25) is 10.1 Å². The average molecular weight is 198 g/mol. The minimum Gasteiger partial charge on any atom is -0.481 e. The van der Waals surface area contributed by atoms with Gasteiger partial charge in [-0.05, 0) is 38.1 Å². The van der Waals surface area contributed by atoms with E-state index in [4.69, 9.17) is 5.11 Å². The fraction of sp³-hybridized carbons (Fsp3) is 0.900. The van der Waals surface area contributed by atoms with Crippen LogP contribution in [0.1, 0.15) is 32.1 Å². The molecule has 2 aliphatic rings.